The van der Waals surface area contributed by atoms with Crippen LogP contribution in [0.3, 0.4) is 0 Å². The van der Waals surface area contributed by atoms with Crippen molar-refractivity contribution in [3.63, 3.8) is 0 Å². The van der Waals surface area contributed by atoms with Gasteiger partial charge in [0.15, 0.2) is 0 Å². The lowest BCUT2D eigenvalue weighted by molar-refractivity contribution is 0.0951. The average Bonchev–Trinajstić information content (AvgIpc) is 2.40. The van der Waals surface area contributed by atoms with Crippen molar-refractivity contribution in [3.05, 3.63) is 56.9 Å². The Labute approximate surface area is 125 Å². The smallest absolute Gasteiger partial charge is 0.253 e. The van der Waals surface area contributed by atoms with Gasteiger partial charge in [0.05, 0.1) is 17.4 Å². The lowest BCUT2D eigenvalue weighted by Gasteiger charge is -2.08. The maximum absolute atomic E-state index is 12.0. The molecule has 3 N–H and O–H groups in total. The number of rotatable bonds is 3. The Bertz CT molecular complexity index is 596. The molecule has 1 aromatic heterocycles. The van der Waals surface area contributed by atoms with E-state index in [0.717, 1.165) is 9.26 Å². The second-order valence-electron chi connectivity index (χ2n) is 4.26. The van der Waals surface area contributed by atoms with E-state index in [2.05, 4.69) is 32.9 Å². The second-order valence-corrected chi connectivity index (χ2v) is 5.37. The second kappa shape index (κ2) is 6.01. The van der Waals surface area contributed by atoms with Crippen LogP contribution in [0.4, 0.5) is 5.69 Å². The third kappa shape index (κ3) is 3.66. The SMILES string of the molecule is Cc1ccc(CNC(=O)c2cc(I)ncc2N)cc1. The van der Waals surface area contributed by atoms with E-state index < -0.39 is 0 Å². The van der Waals surface area contributed by atoms with Gasteiger partial charge in [-0.1, -0.05) is 29.8 Å². The molecule has 2 aromatic rings. The van der Waals surface area contributed by atoms with Crippen molar-refractivity contribution in [2.24, 2.45) is 0 Å². The number of carbonyl (C=O) groups excluding carboxylic acids is 1. The fourth-order valence-corrected chi connectivity index (χ4v) is 2.07. The van der Waals surface area contributed by atoms with Gasteiger partial charge in [0.2, 0.25) is 0 Å². The van der Waals surface area contributed by atoms with Gasteiger partial charge in [-0.05, 0) is 41.1 Å². The predicted molar refractivity (Wildman–Crippen MR) is 83.7 cm³/mol. The summed E-state index contributed by atoms with van der Waals surface area (Å²) in [7, 11) is 0. The number of anilines is 1. The Morgan fingerprint density at radius 3 is 2.74 bits per heavy atom. The summed E-state index contributed by atoms with van der Waals surface area (Å²) in [6.07, 6.45) is 1.50. The Hall–Kier alpha value is -1.63. The Morgan fingerprint density at radius 1 is 1.37 bits per heavy atom. The molecule has 0 aliphatic heterocycles. The molecular weight excluding hydrogens is 353 g/mol. The minimum atomic E-state index is -0.182. The maximum atomic E-state index is 12.0. The van der Waals surface area contributed by atoms with Gasteiger partial charge in [0.25, 0.3) is 5.91 Å². The largest absolute Gasteiger partial charge is 0.397 e. The fourth-order valence-electron chi connectivity index (χ4n) is 1.62. The first-order valence-electron chi connectivity index (χ1n) is 5.81. The summed E-state index contributed by atoms with van der Waals surface area (Å²) < 4.78 is 0.743. The lowest BCUT2D eigenvalue weighted by atomic mass is 10.1. The number of halogens is 1. The summed E-state index contributed by atoms with van der Waals surface area (Å²) in [6, 6.07) is 9.71. The number of hydrogen-bond acceptors (Lipinski definition) is 3. The van der Waals surface area contributed by atoms with Gasteiger partial charge < -0.3 is 11.1 Å². The van der Waals surface area contributed by atoms with E-state index in [1.807, 2.05) is 31.2 Å². The van der Waals surface area contributed by atoms with Crippen LogP contribution in [-0.2, 0) is 6.54 Å². The quantitative estimate of drug-likeness (QED) is 0.647. The number of nitrogen functional groups attached to an aromatic ring is 1. The van der Waals surface area contributed by atoms with Gasteiger partial charge in [-0.3, -0.25) is 4.79 Å². The molecule has 4 nitrogen and oxygen atoms in total. The van der Waals surface area contributed by atoms with Crippen LogP contribution in [0, 0.1) is 10.6 Å². The standard InChI is InChI=1S/C14H14IN3O/c1-9-2-4-10(5-3-9)7-18-14(19)11-6-13(15)17-8-12(11)16/h2-6,8H,7,16H2,1H3,(H,18,19). The summed E-state index contributed by atoms with van der Waals surface area (Å²) in [4.78, 5) is 16.1. The molecule has 1 amide bonds. The van der Waals surface area contributed by atoms with Crippen LogP contribution in [0.1, 0.15) is 21.5 Å². The summed E-state index contributed by atoms with van der Waals surface area (Å²) in [6.45, 7) is 2.51. The molecule has 5 heteroatoms. The summed E-state index contributed by atoms with van der Waals surface area (Å²) in [5.74, 6) is -0.182. The third-order valence-corrected chi connectivity index (χ3v) is 3.31. The number of aromatic nitrogens is 1. The molecule has 2 rings (SSSR count). The van der Waals surface area contributed by atoms with Gasteiger partial charge in [0.1, 0.15) is 3.70 Å². The molecule has 0 saturated carbocycles. The van der Waals surface area contributed by atoms with E-state index in [4.69, 9.17) is 5.73 Å². The van der Waals surface area contributed by atoms with E-state index in [9.17, 15) is 4.79 Å². The number of pyridine rings is 1. The number of nitrogens with two attached hydrogens (primary N) is 1. The Kier molecular flexibility index (Phi) is 4.36. The Balaban J connectivity index is 2.05. The van der Waals surface area contributed by atoms with Gasteiger partial charge in [-0.25, -0.2) is 4.98 Å². The van der Waals surface area contributed by atoms with Crippen molar-refractivity contribution in [3.8, 4) is 0 Å². The molecule has 0 aliphatic rings. The van der Waals surface area contributed by atoms with Gasteiger partial charge >= 0.3 is 0 Å². The predicted octanol–water partition coefficient (Wildman–Crippen LogP) is 2.51. The van der Waals surface area contributed by atoms with E-state index >= 15 is 0 Å². The fraction of sp³-hybridized carbons (Fsp3) is 0.143. The molecule has 19 heavy (non-hydrogen) atoms. The summed E-state index contributed by atoms with van der Waals surface area (Å²) in [5, 5.41) is 2.85. The van der Waals surface area contributed by atoms with Crippen LogP contribution in [0.15, 0.2) is 36.5 Å². The molecule has 0 radical (unpaired) electrons. The minimum Gasteiger partial charge on any atom is -0.397 e. The molecule has 1 heterocycles. The number of carbonyl (C=O) groups is 1. The molecule has 0 aliphatic carbocycles. The number of hydrogen-bond donors (Lipinski definition) is 2. The van der Waals surface area contributed by atoms with Crippen LogP contribution in [0.5, 0.6) is 0 Å². The molecular formula is C14H14IN3O. The third-order valence-electron chi connectivity index (χ3n) is 2.72. The van der Waals surface area contributed by atoms with Crippen LogP contribution >= 0.6 is 22.6 Å². The highest BCUT2D eigenvalue weighted by Crippen LogP contribution is 2.13. The normalized spacial score (nSPS) is 10.2. The number of amides is 1. The van der Waals surface area contributed by atoms with Crippen molar-refractivity contribution in [2.45, 2.75) is 13.5 Å². The van der Waals surface area contributed by atoms with Crippen molar-refractivity contribution in [1.29, 1.82) is 0 Å². The van der Waals surface area contributed by atoms with Crippen LogP contribution in [0.2, 0.25) is 0 Å². The number of nitrogens with one attached hydrogen (secondary N) is 1. The lowest BCUT2D eigenvalue weighted by Crippen LogP contribution is -2.24. The molecule has 0 atom stereocenters. The van der Waals surface area contributed by atoms with Crippen LogP contribution in [-0.4, -0.2) is 10.9 Å². The van der Waals surface area contributed by atoms with Crippen molar-refractivity contribution in [1.82, 2.24) is 10.3 Å². The first kappa shape index (κ1) is 13.8. The van der Waals surface area contributed by atoms with E-state index in [1.165, 1.54) is 11.8 Å². The Morgan fingerprint density at radius 2 is 2.05 bits per heavy atom. The van der Waals surface area contributed by atoms with Crippen LogP contribution in [0.25, 0.3) is 0 Å². The monoisotopic (exact) mass is 367 g/mol. The molecule has 0 fully saturated rings. The number of nitrogens with zero attached hydrogens (tertiary/aromatic N) is 1. The zero-order chi connectivity index (χ0) is 13.8. The average molecular weight is 367 g/mol. The first-order chi connectivity index (χ1) is 9.06. The number of aryl methyl sites for hydroxylation is 1. The molecule has 98 valence electrons. The summed E-state index contributed by atoms with van der Waals surface area (Å²) in [5.41, 5.74) is 8.86. The van der Waals surface area contributed by atoms with Gasteiger partial charge in [-0.15, -0.1) is 0 Å². The first-order valence-corrected chi connectivity index (χ1v) is 6.89. The molecule has 0 bridgehead atoms. The minimum absolute atomic E-state index is 0.182. The maximum Gasteiger partial charge on any atom is 0.253 e. The van der Waals surface area contributed by atoms with Crippen molar-refractivity contribution < 1.29 is 4.79 Å². The summed E-state index contributed by atoms with van der Waals surface area (Å²) >= 11 is 2.05. The topological polar surface area (TPSA) is 68.0 Å². The highest BCUT2D eigenvalue weighted by molar-refractivity contribution is 14.1. The van der Waals surface area contributed by atoms with Crippen molar-refractivity contribution in [2.75, 3.05) is 5.73 Å². The number of benzene rings is 1. The molecule has 1 aromatic carbocycles. The zero-order valence-corrected chi connectivity index (χ0v) is 12.6. The molecule has 0 unspecified atom stereocenters. The van der Waals surface area contributed by atoms with Gasteiger partial charge in [0, 0.05) is 6.54 Å². The van der Waals surface area contributed by atoms with Crippen molar-refractivity contribution >= 4 is 34.2 Å². The highest BCUT2D eigenvalue weighted by Gasteiger charge is 2.10. The van der Waals surface area contributed by atoms with E-state index in [0.29, 0.717) is 17.8 Å². The van der Waals surface area contributed by atoms with Crippen LogP contribution < -0.4 is 11.1 Å². The molecule has 0 saturated heterocycles. The zero-order valence-electron chi connectivity index (χ0n) is 10.5. The van der Waals surface area contributed by atoms with E-state index in [1.54, 1.807) is 6.07 Å². The highest BCUT2D eigenvalue weighted by atomic mass is 127. The molecule has 0 spiro atoms. The van der Waals surface area contributed by atoms with E-state index in [-0.39, 0.29) is 5.91 Å². The van der Waals surface area contributed by atoms with Gasteiger partial charge in [-0.2, -0.15) is 0 Å².